The Kier molecular flexibility index (Phi) is 6.28. The van der Waals surface area contributed by atoms with Crippen molar-refractivity contribution in [2.45, 2.75) is 70.7 Å². The third kappa shape index (κ3) is 5.13. The summed E-state index contributed by atoms with van der Waals surface area (Å²) in [4.78, 5) is 14.5. The van der Waals surface area contributed by atoms with Crippen LogP contribution in [0.3, 0.4) is 0 Å². The SMILES string of the molecule is CCC(C)NC(=O)N(Cc1cccc(O)c1)C1CCC(O)CC1. The van der Waals surface area contributed by atoms with E-state index in [4.69, 9.17) is 0 Å². The topological polar surface area (TPSA) is 72.8 Å². The number of aromatic hydroxyl groups is 1. The van der Waals surface area contributed by atoms with Crippen LogP contribution in [0, 0.1) is 0 Å². The van der Waals surface area contributed by atoms with Gasteiger partial charge in [-0.25, -0.2) is 4.79 Å². The number of urea groups is 1. The van der Waals surface area contributed by atoms with Crippen LogP contribution in [0.2, 0.25) is 0 Å². The van der Waals surface area contributed by atoms with E-state index in [1.165, 1.54) is 0 Å². The number of carbonyl (C=O) groups excluding carboxylic acids is 1. The molecule has 3 N–H and O–H groups in total. The molecule has 1 aromatic carbocycles. The lowest BCUT2D eigenvalue weighted by Crippen LogP contribution is -2.49. The lowest BCUT2D eigenvalue weighted by atomic mass is 9.92. The van der Waals surface area contributed by atoms with Gasteiger partial charge < -0.3 is 20.4 Å². The van der Waals surface area contributed by atoms with E-state index in [2.05, 4.69) is 5.32 Å². The first-order chi connectivity index (χ1) is 11.0. The van der Waals surface area contributed by atoms with Gasteiger partial charge in [-0.3, -0.25) is 0 Å². The molecule has 0 aromatic heterocycles. The molecule has 5 nitrogen and oxygen atoms in total. The molecule has 1 aromatic rings. The van der Waals surface area contributed by atoms with Crippen molar-refractivity contribution in [3.63, 3.8) is 0 Å². The lowest BCUT2D eigenvalue weighted by Gasteiger charge is -2.36. The molecule has 0 spiro atoms. The summed E-state index contributed by atoms with van der Waals surface area (Å²) in [6, 6.07) is 7.23. The Bertz CT molecular complexity index is 513. The van der Waals surface area contributed by atoms with Gasteiger partial charge in [0.1, 0.15) is 5.75 Å². The quantitative estimate of drug-likeness (QED) is 0.781. The largest absolute Gasteiger partial charge is 0.508 e. The number of phenolic OH excluding ortho intramolecular Hbond substituents is 1. The standard InChI is InChI=1S/C18H28N2O3/c1-3-13(2)19-18(23)20(15-7-9-16(21)10-8-15)12-14-5-4-6-17(22)11-14/h4-6,11,13,15-16,21-22H,3,7-10,12H2,1-2H3,(H,19,23). The molecule has 0 heterocycles. The second-order valence-corrected chi connectivity index (χ2v) is 6.52. The van der Waals surface area contributed by atoms with E-state index in [9.17, 15) is 15.0 Å². The highest BCUT2D eigenvalue weighted by atomic mass is 16.3. The maximum Gasteiger partial charge on any atom is 0.318 e. The zero-order valence-electron chi connectivity index (χ0n) is 14.0. The van der Waals surface area contributed by atoms with Crippen molar-refractivity contribution in [1.82, 2.24) is 10.2 Å². The zero-order chi connectivity index (χ0) is 16.8. The molecule has 1 unspecified atom stereocenters. The van der Waals surface area contributed by atoms with Crippen molar-refractivity contribution in [2.75, 3.05) is 0 Å². The van der Waals surface area contributed by atoms with Crippen LogP contribution in [0.15, 0.2) is 24.3 Å². The highest BCUT2D eigenvalue weighted by Crippen LogP contribution is 2.25. The van der Waals surface area contributed by atoms with E-state index >= 15 is 0 Å². The van der Waals surface area contributed by atoms with Crippen molar-refractivity contribution in [3.05, 3.63) is 29.8 Å². The molecule has 2 rings (SSSR count). The fraction of sp³-hybridized carbons (Fsp3) is 0.611. The van der Waals surface area contributed by atoms with Crippen LogP contribution in [0.5, 0.6) is 5.75 Å². The van der Waals surface area contributed by atoms with E-state index in [0.717, 1.165) is 37.7 Å². The Labute approximate surface area is 138 Å². The molecule has 1 atom stereocenters. The number of aliphatic hydroxyl groups is 1. The van der Waals surface area contributed by atoms with Crippen molar-refractivity contribution >= 4 is 6.03 Å². The normalized spacial score (nSPS) is 22.4. The molecule has 0 saturated heterocycles. The Hall–Kier alpha value is -1.75. The fourth-order valence-electron chi connectivity index (χ4n) is 2.98. The Balaban J connectivity index is 2.11. The molecule has 2 amide bonds. The van der Waals surface area contributed by atoms with Gasteiger partial charge in [0.05, 0.1) is 6.10 Å². The minimum Gasteiger partial charge on any atom is -0.508 e. The van der Waals surface area contributed by atoms with Crippen LogP contribution >= 0.6 is 0 Å². The smallest absolute Gasteiger partial charge is 0.318 e. The number of carbonyl (C=O) groups is 1. The van der Waals surface area contributed by atoms with Gasteiger partial charge in [-0.05, 0) is 56.7 Å². The van der Waals surface area contributed by atoms with Gasteiger partial charge in [0.2, 0.25) is 0 Å². The molecule has 0 aliphatic heterocycles. The van der Waals surface area contributed by atoms with Gasteiger partial charge in [0.25, 0.3) is 0 Å². The average Bonchev–Trinajstić information content (AvgIpc) is 2.53. The molecule has 1 aliphatic carbocycles. The van der Waals surface area contributed by atoms with Crippen LogP contribution in [-0.2, 0) is 6.54 Å². The maximum absolute atomic E-state index is 12.7. The van der Waals surface area contributed by atoms with Gasteiger partial charge in [0.15, 0.2) is 0 Å². The summed E-state index contributed by atoms with van der Waals surface area (Å²) in [5.41, 5.74) is 0.912. The number of nitrogens with zero attached hydrogens (tertiary/aromatic N) is 1. The van der Waals surface area contributed by atoms with Crippen molar-refractivity contribution in [3.8, 4) is 5.75 Å². The number of nitrogens with one attached hydrogen (secondary N) is 1. The van der Waals surface area contributed by atoms with Crippen LogP contribution in [-0.4, -0.2) is 39.3 Å². The second kappa shape index (κ2) is 8.20. The number of hydrogen-bond acceptors (Lipinski definition) is 3. The highest BCUT2D eigenvalue weighted by molar-refractivity contribution is 5.75. The molecule has 5 heteroatoms. The van der Waals surface area contributed by atoms with E-state index < -0.39 is 0 Å². The van der Waals surface area contributed by atoms with Gasteiger partial charge in [-0.2, -0.15) is 0 Å². The molecular weight excluding hydrogens is 292 g/mol. The minimum absolute atomic E-state index is 0.0657. The van der Waals surface area contributed by atoms with Crippen LogP contribution in [0.25, 0.3) is 0 Å². The van der Waals surface area contributed by atoms with Gasteiger partial charge in [0, 0.05) is 18.6 Å². The highest BCUT2D eigenvalue weighted by Gasteiger charge is 2.28. The summed E-state index contributed by atoms with van der Waals surface area (Å²) in [5, 5.41) is 22.4. The van der Waals surface area contributed by atoms with Crippen molar-refractivity contribution in [1.29, 1.82) is 0 Å². The summed E-state index contributed by atoms with van der Waals surface area (Å²) in [7, 11) is 0. The summed E-state index contributed by atoms with van der Waals surface area (Å²) < 4.78 is 0. The van der Waals surface area contributed by atoms with Crippen LogP contribution < -0.4 is 5.32 Å². The number of phenols is 1. The fourth-order valence-corrected chi connectivity index (χ4v) is 2.98. The molecular formula is C18H28N2O3. The van der Waals surface area contributed by atoms with Gasteiger partial charge in [-0.1, -0.05) is 19.1 Å². The van der Waals surface area contributed by atoms with Crippen LogP contribution in [0.4, 0.5) is 4.79 Å². The molecule has 0 bridgehead atoms. The van der Waals surface area contributed by atoms with E-state index in [0.29, 0.717) is 6.54 Å². The summed E-state index contributed by atoms with van der Waals surface area (Å²) in [5.74, 6) is 0.212. The molecule has 128 valence electrons. The molecule has 1 saturated carbocycles. The Morgan fingerprint density at radius 2 is 2.04 bits per heavy atom. The molecule has 1 aliphatic rings. The summed E-state index contributed by atoms with van der Waals surface area (Å²) >= 11 is 0. The number of amides is 2. The van der Waals surface area contributed by atoms with Crippen molar-refractivity contribution < 1.29 is 15.0 Å². The molecule has 1 fully saturated rings. The number of hydrogen-bond donors (Lipinski definition) is 3. The average molecular weight is 320 g/mol. The van der Waals surface area contributed by atoms with E-state index in [1.54, 1.807) is 18.2 Å². The Morgan fingerprint density at radius 3 is 2.65 bits per heavy atom. The maximum atomic E-state index is 12.7. The second-order valence-electron chi connectivity index (χ2n) is 6.52. The predicted molar refractivity (Wildman–Crippen MR) is 90.2 cm³/mol. The third-order valence-corrected chi connectivity index (χ3v) is 4.61. The van der Waals surface area contributed by atoms with Crippen molar-refractivity contribution in [2.24, 2.45) is 0 Å². The summed E-state index contributed by atoms with van der Waals surface area (Å²) in [6.07, 6.45) is 3.73. The first kappa shape index (κ1) is 17.6. The number of rotatable bonds is 5. The van der Waals surface area contributed by atoms with E-state index in [-0.39, 0.29) is 30.0 Å². The predicted octanol–water partition coefficient (Wildman–Crippen LogP) is 3.01. The summed E-state index contributed by atoms with van der Waals surface area (Å²) in [6.45, 7) is 4.51. The van der Waals surface area contributed by atoms with Gasteiger partial charge >= 0.3 is 6.03 Å². The lowest BCUT2D eigenvalue weighted by molar-refractivity contribution is 0.0811. The first-order valence-corrected chi connectivity index (χ1v) is 8.52. The first-order valence-electron chi connectivity index (χ1n) is 8.52. The van der Waals surface area contributed by atoms with Gasteiger partial charge in [-0.15, -0.1) is 0 Å². The monoisotopic (exact) mass is 320 g/mol. The number of aliphatic hydroxyl groups excluding tert-OH is 1. The Morgan fingerprint density at radius 1 is 1.35 bits per heavy atom. The molecule has 0 radical (unpaired) electrons. The molecule has 23 heavy (non-hydrogen) atoms. The third-order valence-electron chi connectivity index (χ3n) is 4.61. The van der Waals surface area contributed by atoms with E-state index in [1.807, 2.05) is 24.8 Å². The zero-order valence-corrected chi connectivity index (χ0v) is 14.0. The van der Waals surface area contributed by atoms with Crippen LogP contribution in [0.1, 0.15) is 51.5 Å². The number of benzene rings is 1. The minimum atomic E-state index is -0.244.